The largest absolute Gasteiger partial charge is 0.444 e. The zero-order valence-electron chi connectivity index (χ0n) is 17.5. The second-order valence-corrected chi connectivity index (χ2v) is 8.27. The first kappa shape index (κ1) is 20.7. The number of hydrogen-bond donors (Lipinski definition) is 2. The SMILES string of the molecule is Cc1cc(-c2nc(C(=O)Nc3cc4cnn(C5CC5)c4cc3C3CC3)co2)ccn1.OCl. The van der Waals surface area contributed by atoms with Crippen LogP contribution in [0.1, 0.15) is 59.4 Å². The van der Waals surface area contributed by atoms with E-state index in [9.17, 15) is 4.79 Å². The van der Waals surface area contributed by atoms with Gasteiger partial charge in [-0.2, -0.15) is 5.10 Å². The number of halogens is 1. The van der Waals surface area contributed by atoms with Crippen LogP contribution >= 0.6 is 11.9 Å². The normalized spacial score (nSPS) is 15.3. The molecule has 1 aromatic carbocycles. The Kier molecular flexibility index (Phi) is 5.40. The van der Waals surface area contributed by atoms with Crippen LogP contribution in [0.15, 0.2) is 47.3 Å². The van der Waals surface area contributed by atoms with Gasteiger partial charge in [-0.25, -0.2) is 4.98 Å². The summed E-state index contributed by atoms with van der Waals surface area (Å²) in [6.45, 7) is 1.90. The number of nitrogens with one attached hydrogen (secondary N) is 1. The molecule has 164 valence electrons. The number of anilines is 1. The van der Waals surface area contributed by atoms with Crippen LogP contribution in [0.4, 0.5) is 5.69 Å². The molecule has 4 aromatic rings. The molecule has 8 nitrogen and oxygen atoms in total. The summed E-state index contributed by atoms with van der Waals surface area (Å²) in [6, 6.07) is 8.48. The van der Waals surface area contributed by atoms with Crippen LogP contribution in [0.2, 0.25) is 0 Å². The molecule has 0 bridgehead atoms. The van der Waals surface area contributed by atoms with Crippen molar-refractivity contribution in [2.24, 2.45) is 0 Å². The molecular weight excluding hydrogens is 430 g/mol. The third kappa shape index (κ3) is 3.99. The summed E-state index contributed by atoms with van der Waals surface area (Å²) >= 11 is 3.64. The summed E-state index contributed by atoms with van der Waals surface area (Å²) < 4.78 is 14.2. The molecule has 2 fully saturated rings. The Hall–Kier alpha value is -3.23. The van der Waals surface area contributed by atoms with Crippen molar-refractivity contribution in [3.05, 3.63) is 59.9 Å². The van der Waals surface area contributed by atoms with Gasteiger partial charge in [-0.3, -0.25) is 19.1 Å². The number of aromatic nitrogens is 4. The van der Waals surface area contributed by atoms with Gasteiger partial charge in [-0.15, -0.1) is 0 Å². The number of fused-ring (bicyclic) bond motifs is 1. The smallest absolute Gasteiger partial charge is 0.277 e. The summed E-state index contributed by atoms with van der Waals surface area (Å²) in [5.41, 5.74) is 5.12. The van der Waals surface area contributed by atoms with Gasteiger partial charge in [0.1, 0.15) is 6.26 Å². The predicted octanol–water partition coefficient (Wildman–Crippen LogP) is 4.99. The fourth-order valence-electron chi connectivity index (χ4n) is 3.94. The molecule has 0 spiro atoms. The minimum Gasteiger partial charge on any atom is -0.444 e. The average Bonchev–Trinajstić information content (AvgIpc) is 3.74. The Morgan fingerprint density at radius 2 is 2.03 bits per heavy atom. The fraction of sp³-hybridized carbons (Fsp3) is 0.304. The zero-order chi connectivity index (χ0) is 22.2. The number of pyridine rings is 1. The molecule has 3 aromatic heterocycles. The van der Waals surface area contributed by atoms with E-state index in [1.165, 1.54) is 24.7 Å². The maximum atomic E-state index is 12.9. The van der Waals surface area contributed by atoms with E-state index in [0.29, 0.717) is 17.9 Å². The van der Waals surface area contributed by atoms with E-state index >= 15 is 0 Å². The van der Waals surface area contributed by atoms with E-state index in [2.05, 4.69) is 43.0 Å². The molecular formula is C23H22ClN5O3. The van der Waals surface area contributed by atoms with Gasteiger partial charge in [0.2, 0.25) is 5.89 Å². The van der Waals surface area contributed by atoms with Gasteiger partial charge in [-0.1, -0.05) is 0 Å². The highest BCUT2D eigenvalue weighted by Gasteiger charge is 2.30. The lowest BCUT2D eigenvalue weighted by molar-refractivity contribution is 0.102. The molecule has 0 unspecified atom stereocenters. The molecule has 3 heterocycles. The minimum atomic E-state index is -0.272. The van der Waals surface area contributed by atoms with Crippen molar-refractivity contribution >= 4 is 34.4 Å². The first-order valence-corrected chi connectivity index (χ1v) is 10.9. The highest BCUT2D eigenvalue weighted by atomic mass is 35.5. The third-order valence-electron chi connectivity index (χ3n) is 5.81. The van der Waals surface area contributed by atoms with E-state index in [1.54, 1.807) is 6.20 Å². The van der Waals surface area contributed by atoms with Crippen molar-refractivity contribution in [1.29, 1.82) is 0 Å². The Balaban J connectivity index is 0.00000105. The lowest BCUT2D eigenvalue weighted by Crippen LogP contribution is -2.13. The maximum absolute atomic E-state index is 12.9. The van der Waals surface area contributed by atoms with E-state index in [-0.39, 0.29) is 11.6 Å². The van der Waals surface area contributed by atoms with Crippen LogP contribution in [-0.2, 0) is 0 Å². The van der Waals surface area contributed by atoms with E-state index < -0.39 is 0 Å². The van der Waals surface area contributed by atoms with Crippen molar-refractivity contribution in [2.45, 2.75) is 44.6 Å². The number of oxazole rings is 1. The molecule has 9 heteroatoms. The Morgan fingerprint density at radius 3 is 2.75 bits per heavy atom. The van der Waals surface area contributed by atoms with Gasteiger partial charge in [0.05, 0.1) is 29.6 Å². The number of carbonyl (C=O) groups excluding carboxylic acids is 1. The first-order chi connectivity index (χ1) is 15.7. The minimum absolute atomic E-state index is 0.259. The van der Waals surface area contributed by atoms with Crippen molar-refractivity contribution in [3.63, 3.8) is 0 Å². The summed E-state index contributed by atoms with van der Waals surface area (Å²) in [5.74, 6) is 0.640. The number of amides is 1. The first-order valence-electron chi connectivity index (χ1n) is 10.5. The summed E-state index contributed by atoms with van der Waals surface area (Å²) in [4.78, 5) is 21.5. The molecule has 2 aliphatic carbocycles. The van der Waals surface area contributed by atoms with Crippen LogP contribution in [0, 0.1) is 6.92 Å². The molecule has 2 N–H and O–H groups in total. The Morgan fingerprint density at radius 1 is 1.22 bits per heavy atom. The fourth-order valence-corrected chi connectivity index (χ4v) is 3.94. The van der Waals surface area contributed by atoms with Gasteiger partial charge in [-0.05, 0) is 68.4 Å². The second-order valence-electron chi connectivity index (χ2n) is 8.27. The van der Waals surface area contributed by atoms with Crippen LogP contribution in [0.5, 0.6) is 0 Å². The number of nitrogens with zero attached hydrogens (tertiary/aromatic N) is 4. The van der Waals surface area contributed by atoms with Crippen molar-refractivity contribution in [1.82, 2.24) is 19.7 Å². The monoisotopic (exact) mass is 451 g/mol. The molecule has 1 amide bonds. The van der Waals surface area contributed by atoms with Crippen molar-refractivity contribution < 1.29 is 13.9 Å². The summed E-state index contributed by atoms with van der Waals surface area (Å²) in [6.07, 6.45) is 9.69. The van der Waals surface area contributed by atoms with Crippen molar-refractivity contribution in [2.75, 3.05) is 5.32 Å². The predicted molar refractivity (Wildman–Crippen MR) is 120 cm³/mol. The molecule has 0 saturated heterocycles. The van der Waals surface area contributed by atoms with Gasteiger partial charge < -0.3 is 9.73 Å². The maximum Gasteiger partial charge on any atom is 0.277 e. The molecule has 0 atom stereocenters. The lowest BCUT2D eigenvalue weighted by atomic mass is 10.1. The number of hydrogen-bond acceptors (Lipinski definition) is 6. The van der Waals surface area contributed by atoms with Gasteiger partial charge in [0.15, 0.2) is 5.69 Å². The molecule has 6 rings (SSSR count). The van der Waals surface area contributed by atoms with Crippen molar-refractivity contribution in [3.8, 4) is 11.5 Å². The number of rotatable bonds is 5. The Bertz CT molecular complexity index is 1290. The highest BCUT2D eigenvalue weighted by molar-refractivity contribution is 6.05. The van der Waals surface area contributed by atoms with Gasteiger partial charge in [0, 0.05) is 28.5 Å². The zero-order valence-corrected chi connectivity index (χ0v) is 18.2. The Labute approximate surface area is 189 Å². The summed E-state index contributed by atoms with van der Waals surface area (Å²) in [7, 11) is 0. The van der Waals surface area contributed by atoms with Crippen LogP contribution in [0.25, 0.3) is 22.4 Å². The number of aryl methyl sites for hydroxylation is 1. The highest BCUT2D eigenvalue weighted by Crippen LogP contribution is 2.46. The third-order valence-corrected chi connectivity index (χ3v) is 5.81. The molecule has 2 saturated carbocycles. The van der Waals surface area contributed by atoms with Crippen LogP contribution in [-0.4, -0.2) is 30.3 Å². The molecule has 0 aliphatic heterocycles. The number of benzene rings is 1. The van der Waals surface area contributed by atoms with E-state index in [1.807, 2.05) is 31.3 Å². The van der Waals surface area contributed by atoms with Gasteiger partial charge in [0.25, 0.3) is 5.91 Å². The van der Waals surface area contributed by atoms with E-state index in [0.717, 1.165) is 40.7 Å². The second kappa shape index (κ2) is 8.37. The molecule has 32 heavy (non-hydrogen) atoms. The summed E-state index contributed by atoms with van der Waals surface area (Å²) in [5, 5.41) is 8.68. The van der Waals surface area contributed by atoms with E-state index in [4.69, 9.17) is 9.08 Å². The topological polar surface area (TPSA) is 106 Å². The molecule has 0 radical (unpaired) electrons. The average molecular weight is 452 g/mol. The quantitative estimate of drug-likeness (QED) is 0.442. The standard InChI is InChI=1S/C23H21N5O2.ClHO/c1-13-8-15(6-7-24-13)23-27-20(12-30-23)22(29)26-19-9-16-11-25-28(17-4-5-17)21(16)10-18(19)14-2-3-14;1-2/h6-12,14,17H,2-5H2,1H3,(H,26,29);2H. The number of carbonyl (C=O) groups is 1. The lowest BCUT2D eigenvalue weighted by Gasteiger charge is -2.11. The van der Waals surface area contributed by atoms with Crippen LogP contribution in [0.3, 0.4) is 0 Å². The molecule has 2 aliphatic rings. The van der Waals surface area contributed by atoms with Gasteiger partial charge >= 0.3 is 0 Å². The van der Waals surface area contributed by atoms with Crippen LogP contribution < -0.4 is 5.32 Å².